The highest BCUT2D eigenvalue weighted by atomic mass is 16.6. The summed E-state index contributed by atoms with van der Waals surface area (Å²) in [6.45, 7) is 3.87. The van der Waals surface area contributed by atoms with Crippen LogP contribution >= 0.6 is 0 Å². The van der Waals surface area contributed by atoms with Gasteiger partial charge in [0.2, 0.25) is 0 Å². The molecular weight excluding hydrogens is 378 g/mol. The Labute approximate surface area is 174 Å². The first-order valence-corrected chi connectivity index (χ1v) is 9.95. The lowest BCUT2D eigenvalue weighted by Crippen LogP contribution is -2.15. The number of aryl methyl sites for hydroxylation is 2. The van der Waals surface area contributed by atoms with Crippen LogP contribution in [0.1, 0.15) is 11.1 Å². The summed E-state index contributed by atoms with van der Waals surface area (Å²) in [6, 6.07) is 16.3. The monoisotopic (exact) mass is 401 g/mol. The van der Waals surface area contributed by atoms with Gasteiger partial charge in [-0.1, -0.05) is 24.3 Å². The molecule has 0 bridgehead atoms. The van der Waals surface area contributed by atoms with Crippen LogP contribution in [0.5, 0.6) is 11.5 Å². The van der Waals surface area contributed by atoms with Crippen molar-refractivity contribution in [1.82, 2.24) is 20.0 Å². The molecule has 4 aromatic rings. The molecule has 0 amide bonds. The molecule has 0 atom stereocenters. The Balaban J connectivity index is 1.36. The first kappa shape index (κ1) is 18.3. The van der Waals surface area contributed by atoms with E-state index < -0.39 is 0 Å². The molecule has 7 nitrogen and oxygen atoms in total. The summed E-state index contributed by atoms with van der Waals surface area (Å²) in [6.07, 6.45) is 1.85. The van der Waals surface area contributed by atoms with Crippen LogP contribution in [0, 0.1) is 6.92 Å². The third kappa shape index (κ3) is 3.39. The number of ether oxygens (including phenoxy) is 2. The van der Waals surface area contributed by atoms with Crippen LogP contribution in [-0.4, -0.2) is 33.2 Å². The number of aromatic nitrogens is 4. The Bertz CT molecular complexity index is 1190. The highest BCUT2D eigenvalue weighted by molar-refractivity contribution is 5.68. The van der Waals surface area contributed by atoms with Gasteiger partial charge in [0.1, 0.15) is 19.0 Å². The number of nitrogens with zero attached hydrogens (tertiary/aromatic N) is 3. The Morgan fingerprint density at radius 3 is 2.77 bits per heavy atom. The lowest BCUT2D eigenvalue weighted by Gasteiger charge is -2.18. The molecule has 152 valence electrons. The molecule has 1 aliphatic heterocycles. The molecule has 0 aliphatic carbocycles. The SMILES string of the molecule is Cc1ccccc1-c1cc(NCc2cn[nH]c2-c2ccc3c(c2)OCCO3)n(C)n1. The standard InChI is InChI=1S/C23H23N5O2/c1-15-5-3-4-6-18(15)19-12-22(28(2)27-19)24-13-17-14-25-26-23(17)16-7-8-20-21(11-16)30-10-9-29-20/h3-8,11-12,14,24H,9-10,13H2,1-2H3,(H,25,26). The molecule has 1 aliphatic rings. The quantitative estimate of drug-likeness (QED) is 0.525. The van der Waals surface area contributed by atoms with E-state index >= 15 is 0 Å². The van der Waals surface area contributed by atoms with E-state index in [2.05, 4.69) is 45.7 Å². The second-order valence-electron chi connectivity index (χ2n) is 7.34. The predicted molar refractivity (Wildman–Crippen MR) is 116 cm³/mol. The molecule has 3 heterocycles. The fourth-order valence-corrected chi connectivity index (χ4v) is 3.70. The third-order valence-electron chi connectivity index (χ3n) is 5.31. The Morgan fingerprint density at radius 1 is 1.07 bits per heavy atom. The molecule has 7 heteroatoms. The molecule has 0 saturated heterocycles. The topological polar surface area (TPSA) is 77.0 Å². The molecule has 0 spiro atoms. The van der Waals surface area contributed by atoms with Crippen molar-refractivity contribution in [2.75, 3.05) is 18.5 Å². The molecule has 0 fully saturated rings. The van der Waals surface area contributed by atoms with Crippen LogP contribution in [0.15, 0.2) is 54.7 Å². The van der Waals surface area contributed by atoms with Crippen molar-refractivity contribution >= 4 is 5.82 Å². The first-order chi connectivity index (χ1) is 14.7. The van der Waals surface area contributed by atoms with Gasteiger partial charge in [0.15, 0.2) is 11.5 Å². The average molecular weight is 401 g/mol. The van der Waals surface area contributed by atoms with Crippen molar-refractivity contribution in [2.45, 2.75) is 13.5 Å². The maximum absolute atomic E-state index is 5.71. The van der Waals surface area contributed by atoms with E-state index in [0.29, 0.717) is 19.8 Å². The van der Waals surface area contributed by atoms with Crippen molar-refractivity contribution in [3.8, 4) is 34.0 Å². The minimum Gasteiger partial charge on any atom is -0.486 e. The largest absolute Gasteiger partial charge is 0.486 e. The fourth-order valence-electron chi connectivity index (χ4n) is 3.70. The van der Waals surface area contributed by atoms with E-state index in [9.17, 15) is 0 Å². The van der Waals surface area contributed by atoms with Gasteiger partial charge < -0.3 is 14.8 Å². The average Bonchev–Trinajstić information content (AvgIpc) is 3.38. The smallest absolute Gasteiger partial charge is 0.162 e. The van der Waals surface area contributed by atoms with Crippen LogP contribution in [-0.2, 0) is 13.6 Å². The number of rotatable bonds is 5. The van der Waals surface area contributed by atoms with Gasteiger partial charge in [0, 0.05) is 36.3 Å². The molecule has 2 aromatic heterocycles. The van der Waals surface area contributed by atoms with Crippen molar-refractivity contribution in [1.29, 1.82) is 0 Å². The molecule has 30 heavy (non-hydrogen) atoms. The van der Waals surface area contributed by atoms with Crippen molar-refractivity contribution in [3.63, 3.8) is 0 Å². The summed E-state index contributed by atoms with van der Waals surface area (Å²) >= 11 is 0. The molecule has 2 N–H and O–H groups in total. The molecule has 5 rings (SSSR count). The first-order valence-electron chi connectivity index (χ1n) is 9.95. The third-order valence-corrected chi connectivity index (χ3v) is 5.31. The van der Waals surface area contributed by atoms with E-state index in [1.165, 1.54) is 5.56 Å². The van der Waals surface area contributed by atoms with Crippen molar-refractivity contribution < 1.29 is 9.47 Å². The zero-order valence-corrected chi connectivity index (χ0v) is 17.0. The van der Waals surface area contributed by atoms with E-state index in [1.54, 1.807) is 0 Å². The molecular formula is C23H23N5O2. The number of hydrogen-bond donors (Lipinski definition) is 2. The summed E-state index contributed by atoms with van der Waals surface area (Å²) in [4.78, 5) is 0. The second kappa shape index (κ2) is 7.59. The van der Waals surface area contributed by atoms with Gasteiger partial charge in [-0.05, 0) is 30.7 Å². The van der Waals surface area contributed by atoms with Gasteiger partial charge in [0.05, 0.1) is 17.6 Å². The van der Waals surface area contributed by atoms with Crippen LogP contribution in [0.25, 0.3) is 22.5 Å². The maximum atomic E-state index is 5.71. The van der Waals surface area contributed by atoms with Crippen LogP contribution in [0.3, 0.4) is 0 Å². The number of H-pyrrole nitrogens is 1. The zero-order valence-electron chi connectivity index (χ0n) is 17.0. The van der Waals surface area contributed by atoms with Crippen molar-refractivity contribution in [2.24, 2.45) is 7.05 Å². The molecule has 2 aromatic carbocycles. The van der Waals surface area contributed by atoms with E-state index in [-0.39, 0.29) is 0 Å². The number of aromatic amines is 1. The minimum absolute atomic E-state index is 0.567. The van der Waals surface area contributed by atoms with Gasteiger partial charge >= 0.3 is 0 Å². The summed E-state index contributed by atoms with van der Waals surface area (Å²) in [7, 11) is 1.95. The highest BCUT2D eigenvalue weighted by Gasteiger charge is 2.16. The number of nitrogens with one attached hydrogen (secondary N) is 2. The highest BCUT2D eigenvalue weighted by Crippen LogP contribution is 2.35. The van der Waals surface area contributed by atoms with Gasteiger partial charge in [-0.15, -0.1) is 0 Å². The fraction of sp³-hybridized carbons (Fsp3) is 0.217. The minimum atomic E-state index is 0.567. The molecule has 0 radical (unpaired) electrons. The Kier molecular flexibility index (Phi) is 4.63. The van der Waals surface area contributed by atoms with Gasteiger partial charge in [-0.2, -0.15) is 10.2 Å². The molecule has 0 saturated carbocycles. The van der Waals surface area contributed by atoms with E-state index in [4.69, 9.17) is 9.47 Å². The predicted octanol–water partition coefficient (Wildman–Crippen LogP) is 4.17. The van der Waals surface area contributed by atoms with Crippen LogP contribution < -0.4 is 14.8 Å². The van der Waals surface area contributed by atoms with E-state index in [1.807, 2.05) is 48.3 Å². The zero-order chi connectivity index (χ0) is 20.5. The summed E-state index contributed by atoms with van der Waals surface area (Å²) in [5.41, 5.74) is 6.34. The maximum Gasteiger partial charge on any atom is 0.162 e. The summed E-state index contributed by atoms with van der Waals surface area (Å²) < 4.78 is 13.2. The Morgan fingerprint density at radius 2 is 1.90 bits per heavy atom. The van der Waals surface area contributed by atoms with E-state index in [0.717, 1.165) is 45.4 Å². The van der Waals surface area contributed by atoms with Crippen LogP contribution in [0.4, 0.5) is 5.82 Å². The van der Waals surface area contributed by atoms with Gasteiger partial charge in [-0.3, -0.25) is 9.78 Å². The van der Waals surface area contributed by atoms with Crippen molar-refractivity contribution in [3.05, 3.63) is 65.9 Å². The van der Waals surface area contributed by atoms with Crippen LogP contribution in [0.2, 0.25) is 0 Å². The lowest BCUT2D eigenvalue weighted by atomic mass is 10.1. The Hall–Kier alpha value is -3.74. The normalized spacial score (nSPS) is 12.7. The lowest BCUT2D eigenvalue weighted by molar-refractivity contribution is 0.171. The summed E-state index contributed by atoms with van der Waals surface area (Å²) in [5.74, 6) is 2.49. The van der Waals surface area contributed by atoms with Gasteiger partial charge in [0.25, 0.3) is 0 Å². The summed E-state index contributed by atoms with van der Waals surface area (Å²) in [5, 5.41) is 15.5. The number of anilines is 1. The number of benzene rings is 2. The second-order valence-corrected chi connectivity index (χ2v) is 7.34. The molecule has 0 unspecified atom stereocenters. The van der Waals surface area contributed by atoms with Gasteiger partial charge in [-0.25, -0.2) is 0 Å². The number of hydrogen-bond acceptors (Lipinski definition) is 5. The number of fused-ring (bicyclic) bond motifs is 1.